The molecule has 11 atom stereocenters. The van der Waals surface area contributed by atoms with Crippen LogP contribution in [0.1, 0.15) is 195 Å². The van der Waals surface area contributed by atoms with Crippen molar-refractivity contribution in [2.24, 2.45) is 63.5 Å². The number of unbranched alkanes of at least 4 members (excludes halogenated alkanes) is 13. The standard InChI is InChI=1S/C49H96N4O3/c1-5-6-7-8-9-10-11-12-13-14-15-16-17-18-31-53-32-19-23-39(2)42-24-25-43-47-44(38-46(49(42,43)4)56-35-22-30-52)48(3)27-26-41(54-33-20-28-50)36-40(48)37-45(47)55-34-21-29-51/h39-47,53H,5-38,50-52H2,1-4H3/t39-,40?,41-,42?,43+,44+,45-,46+,47+,48+,49-/m1/s1. The Morgan fingerprint density at radius 3 is 1.80 bits per heavy atom. The van der Waals surface area contributed by atoms with Crippen LogP contribution in [-0.4, -0.2) is 70.9 Å². The van der Waals surface area contributed by atoms with Gasteiger partial charge in [0.1, 0.15) is 0 Å². The van der Waals surface area contributed by atoms with E-state index in [-0.39, 0.29) is 5.41 Å². The van der Waals surface area contributed by atoms with Crippen molar-refractivity contribution in [3.05, 3.63) is 0 Å². The zero-order valence-corrected chi connectivity index (χ0v) is 37.7. The van der Waals surface area contributed by atoms with Crippen LogP contribution in [0.3, 0.4) is 0 Å². The van der Waals surface area contributed by atoms with E-state index in [1.54, 1.807) is 0 Å². The van der Waals surface area contributed by atoms with Crippen LogP contribution in [0.4, 0.5) is 0 Å². The molecular weight excluding hydrogens is 693 g/mol. The Hall–Kier alpha value is -0.280. The number of nitrogens with two attached hydrogens (primary N) is 3. The first-order valence-corrected chi connectivity index (χ1v) is 25.0. The van der Waals surface area contributed by atoms with Gasteiger partial charge in [-0.2, -0.15) is 0 Å². The van der Waals surface area contributed by atoms with E-state index < -0.39 is 0 Å². The lowest BCUT2D eigenvalue weighted by Gasteiger charge is -2.65. The third-order valence-electron chi connectivity index (χ3n) is 16.2. The monoisotopic (exact) mass is 789 g/mol. The Morgan fingerprint density at radius 1 is 0.607 bits per heavy atom. The van der Waals surface area contributed by atoms with E-state index in [0.717, 1.165) is 52.0 Å². The maximum atomic E-state index is 7.07. The van der Waals surface area contributed by atoms with Crippen LogP contribution in [0.5, 0.6) is 0 Å². The average molecular weight is 789 g/mol. The molecule has 0 amide bonds. The van der Waals surface area contributed by atoms with Gasteiger partial charge in [-0.15, -0.1) is 0 Å². The molecule has 4 aliphatic carbocycles. The van der Waals surface area contributed by atoms with Crippen LogP contribution < -0.4 is 22.5 Å². The quantitative estimate of drug-likeness (QED) is 0.0501. The molecule has 0 saturated heterocycles. The molecule has 7 nitrogen and oxygen atoms in total. The second-order valence-electron chi connectivity index (χ2n) is 19.9. The van der Waals surface area contributed by atoms with E-state index >= 15 is 0 Å². The Kier molecular flexibility index (Phi) is 23.2. The summed E-state index contributed by atoms with van der Waals surface area (Å²) in [7, 11) is 0. The maximum Gasteiger partial charge on any atom is 0.0637 e. The van der Waals surface area contributed by atoms with Gasteiger partial charge in [0, 0.05) is 25.2 Å². The van der Waals surface area contributed by atoms with Crippen LogP contribution in [0.25, 0.3) is 0 Å². The van der Waals surface area contributed by atoms with Crippen molar-refractivity contribution in [3.63, 3.8) is 0 Å². The van der Waals surface area contributed by atoms with Crippen LogP contribution in [0, 0.1) is 46.3 Å². The molecule has 4 fully saturated rings. The largest absolute Gasteiger partial charge is 0.378 e. The van der Waals surface area contributed by atoms with Gasteiger partial charge in [-0.3, -0.25) is 0 Å². The second-order valence-corrected chi connectivity index (χ2v) is 19.9. The molecular formula is C49H96N4O3. The zero-order chi connectivity index (χ0) is 40.1. The second kappa shape index (κ2) is 26.8. The van der Waals surface area contributed by atoms with Crippen LogP contribution in [0.15, 0.2) is 0 Å². The third kappa shape index (κ3) is 13.9. The van der Waals surface area contributed by atoms with Gasteiger partial charge < -0.3 is 36.7 Å². The molecule has 0 aromatic carbocycles. The average Bonchev–Trinajstić information content (AvgIpc) is 3.56. The van der Waals surface area contributed by atoms with Crippen molar-refractivity contribution in [1.29, 1.82) is 0 Å². The van der Waals surface area contributed by atoms with Gasteiger partial charge in [0.15, 0.2) is 0 Å². The smallest absolute Gasteiger partial charge is 0.0637 e. The molecule has 0 heterocycles. The molecule has 0 aliphatic heterocycles. The first kappa shape index (κ1) is 48.4. The number of ether oxygens (including phenoxy) is 3. The highest BCUT2D eigenvalue weighted by molar-refractivity contribution is 5.15. The SMILES string of the molecule is CCCCCCCCCCCCCCCCNCCC[C@@H](C)C1CC[C@H]2[C@@H]3[C@H](OCCCN)CC4C[C@H](OCCCN)CC[C@]4(C)[C@H]3C[C@H](OCCCN)[C@]12C. The molecule has 4 aliphatic rings. The van der Waals surface area contributed by atoms with Crippen LogP contribution in [-0.2, 0) is 14.2 Å². The summed E-state index contributed by atoms with van der Waals surface area (Å²) >= 11 is 0. The minimum absolute atomic E-state index is 0.179. The van der Waals surface area contributed by atoms with Crippen molar-refractivity contribution < 1.29 is 14.2 Å². The molecule has 7 N–H and O–H groups in total. The van der Waals surface area contributed by atoms with Gasteiger partial charge in [0.25, 0.3) is 0 Å². The van der Waals surface area contributed by atoms with Gasteiger partial charge in [-0.05, 0) is 157 Å². The third-order valence-corrected chi connectivity index (χ3v) is 16.2. The molecule has 56 heavy (non-hydrogen) atoms. The van der Waals surface area contributed by atoms with Crippen molar-refractivity contribution in [1.82, 2.24) is 5.32 Å². The fraction of sp³-hybridized carbons (Fsp3) is 1.00. The number of rotatable bonds is 32. The fourth-order valence-electron chi connectivity index (χ4n) is 12.9. The molecule has 4 saturated carbocycles. The molecule has 0 bridgehead atoms. The summed E-state index contributed by atoms with van der Waals surface area (Å²) in [5.74, 6) is 3.91. The Balaban J connectivity index is 1.26. The fourth-order valence-corrected chi connectivity index (χ4v) is 12.9. The number of hydrogen-bond donors (Lipinski definition) is 4. The van der Waals surface area contributed by atoms with E-state index in [0.29, 0.717) is 78.9 Å². The van der Waals surface area contributed by atoms with E-state index in [1.165, 1.54) is 148 Å². The van der Waals surface area contributed by atoms with E-state index in [4.69, 9.17) is 31.4 Å². The molecule has 330 valence electrons. The summed E-state index contributed by atoms with van der Waals surface area (Å²) in [4.78, 5) is 0. The van der Waals surface area contributed by atoms with Crippen molar-refractivity contribution >= 4 is 0 Å². The molecule has 0 spiro atoms. The van der Waals surface area contributed by atoms with Crippen molar-refractivity contribution in [3.8, 4) is 0 Å². The predicted octanol–water partition coefficient (Wildman–Crippen LogP) is 10.6. The minimum Gasteiger partial charge on any atom is -0.378 e. The van der Waals surface area contributed by atoms with Gasteiger partial charge in [-0.25, -0.2) is 0 Å². The summed E-state index contributed by atoms with van der Waals surface area (Å²) in [6, 6.07) is 0. The lowest BCUT2D eigenvalue weighted by atomic mass is 9.43. The molecule has 4 rings (SSSR count). The maximum absolute atomic E-state index is 7.07. The highest BCUT2D eigenvalue weighted by atomic mass is 16.5. The van der Waals surface area contributed by atoms with Gasteiger partial charge in [0.2, 0.25) is 0 Å². The lowest BCUT2D eigenvalue weighted by molar-refractivity contribution is -0.227. The highest BCUT2D eigenvalue weighted by Crippen LogP contribution is 2.69. The summed E-state index contributed by atoms with van der Waals surface area (Å²) in [5.41, 5.74) is 18.3. The normalized spacial score (nSPS) is 33.3. The lowest BCUT2D eigenvalue weighted by Crippen LogP contribution is -2.63. The summed E-state index contributed by atoms with van der Waals surface area (Å²) in [6.07, 6.45) is 35.0. The highest BCUT2D eigenvalue weighted by Gasteiger charge is 2.66. The van der Waals surface area contributed by atoms with Crippen LogP contribution >= 0.6 is 0 Å². The van der Waals surface area contributed by atoms with Gasteiger partial charge in [0.05, 0.1) is 18.3 Å². The molecule has 0 radical (unpaired) electrons. The Labute approximate surface area is 347 Å². The van der Waals surface area contributed by atoms with Crippen molar-refractivity contribution in [2.45, 2.75) is 213 Å². The zero-order valence-electron chi connectivity index (χ0n) is 37.7. The molecule has 0 aromatic rings. The molecule has 2 unspecified atom stereocenters. The van der Waals surface area contributed by atoms with E-state index in [9.17, 15) is 0 Å². The number of nitrogens with one attached hydrogen (secondary N) is 1. The molecule has 0 aromatic heterocycles. The predicted molar refractivity (Wildman–Crippen MR) is 238 cm³/mol. The number of fused-ring (bicyclic) bond motifs is 5. The van der Waals surface area contributed by atoms with E-state index in [1.807, 2.05) is 0 Å². The first-order chi connectivity index (χ1) is 27.3. The summed E-state index contributed by atoms with van der Waals surface area (Å²) in [6.45, 7) is 17.0. The molecule has 7 heteroatoms. The van der Waals surface area contributed by atoms with Crippen LogP contribution in [0.2, 0.25) is 0 Å². The van der Waals surface area contributed by atoms with E-state index in [2.05, 4.69) is 33.0 Å². The first-order valence-electron chi connectivity index (χ1n) is 25.0. The van der Waals surface area contributed by atoms with Gasteiger partial charge in [-0.1, -0.05) is 111 Å². The summed E-state index contributed by atoms with van der Waals surface area (Å²) < 4.78 is 20.5. The Bertz CT molecular complexity index is 1000. The van der Waals surface area contributed by atoms with Gasteiger partial charge >= 0.3 is 0 Å². The Morgan fingerprint density at radius 2 is 1.18 bits per heavy atom. The minimum atomic E-state index is 0.179. The number of hydrogen-bond acceptors (Lipinski definition) is 7. The topological polar surface area (TPSA) is 118 Å². The van der Waals surface area contributed by atoms with Crippen molar-refractivity contribution in [2.75, 3.05) is 52.5 Å². The summed E-state index contributed by atoms with van der Waals surface area (Å²) in [5, 5.41) is 3.82.